The molecule has 0 spiro atoms. The zero-order chi connectivity index (χ0) is 11.4. The molecule has 0 saturated heterocycles. The van der Waals surface area contributed by atoms with E-state index in [2.05, 4.69) is 0 Å². The molecule has 0 aliphatic heterocycles. The molecule has 3 N–H and O–H groups in total. The molecule has 1 aromatic carbocycles. The van der Waals surface area contributed by atoms with Crippen molar-refractivity contribution in [2.45, 2.75) is 19.4 Å². The van der Waals surface area contributed by atoms with Gasteiger partial charge in [-0.1, -0.05) is 12.1 Å². The number of alkyl halides is 2. The van der Waals surface area contributed by atoms with Gasteiger partial charge in [-0.3, -0.25) is 0 Å². The van der Waals surface area contributed by atoms with E-state index in [1.165, 1.54) is 18.2 Å². The monoisotopic (exact) mass is 253 g/mol. The van der Waals surface area contributed by atoms with Crippen LogP contribution in [0.5, 0.6) is 11.5 Å². The van der Waals surface area contributed by atoms with Crippen molar-refractivity contribution < 1.29 is 18.6 Å². The maximum absolute atomic E-state index is 12.3. The summed E-state index contributed by atoms with van der Waals surface area (Å²) in [4.78, 5) is 0. The minimum absolute atomic E-state index is 0. The summed E-state index contributed by atoms with van der Waals surface area (Å²) in [5.41, 5.74) is 5.23. The standard InChI is InChI=1S/C10H13F2NO2.ClH/c1-2-15-7-5-3-4-6(9(7)14)8(13)10(11)12;/h3-5,8,10,14H,2,13H2,1H3;1H/t8-;/m0./s1. The van der Waals surface area contributed by atoms with Crippen molar-refractivity contribution in [3.63, 3.8) is 0 Å². The van der Waals surface area contributed by atoms with E-state index in [4.69, 9.17) is 10.5 Å². The van der Waals surface area contributed by atoms with Crippen LogP contribution >= 0.6 is 12.4 Å². The van der Waals surface area contributed by atoms with Crippen LogP contribution in [0.3, 0.4) is 0 Å². The second kappa shape index (κ2) is 6.50. The summed E-state index contributed by atoms with van der Waals surface area (Å²) in [5.74, 6) is -0.141. The van der Waals surface area contributed by atoms with E-state index in [9.17, 15) is 13.9 Å². The first-order chi connectivity index (χ1) is 7.07. The molecule has 3 nitrogen and oxygen atoms in total. The summed E-state index contributed by atoms with van der Waals surface area (Å²) in [6.45, 7) is 2.08. The Morgan fingerprint density at radius 1 is 1.44 bits per heavy atom. The highest BCUT2D eigenvalue weighted by molar-refractivity contribution is 5.85. The molecule has 0 radical (unpaired) electrons. The summed E-state index contributed by atoms with van der Waals surface area (Å²) in [5, 5.41) is 9.60. The lowest BCUT2D eigenvalue weighted by atomic mass is 10.1. The number of phenolic OH excluding ortho intramolecular Hbond substituents is 1. The van der Waals surface area contributed by atoms with Gasteiger partial charge in [0.25, 0.3) is 6.43 Å². The Hall–Kier alpha value is -1.07. The normalized spacial score (nSPS) is 12.1. The van der Waals surface area contributed by atoms with Crippen molar-refractivity contribution in [1.82, 2.24) is 0 Å². The third kappa shape index (κ3) is 3.21. The van der Waals surface area contributed by atoms with E-state index in [1.807, 2.05) is 0 Å². The van der Waals surface area contributed by atoms with Crippen LogP contribution in [0.25, 0.3) is 0 Å². The number of benzene rings is 1. The maximum Gasteiger partial charge on any atom is 0.257 e. The molecule has 0 bridgehead atoms. The number of ether oxygens (including phenoxy) is 1. The highest BCUT2D eigenvalue weighted by Gasteiger charge is 2.22. The number of rotatable bonds is 4. The van der Waals surface area contributed by atoms with Gasteiger partial charge in [0.2, 0.25) is 0 Å². The molecule has 0 aliphatic rings. The van der Waals surface area contributed by atoms with Crippen molar-refractivity contribution in [2.24, 2.45) is 5.73 Å². The number of aromatic hydroxyl groups is 1. The van der Waals surface area contributed by atoms with Crippen LogP contribution in [0.2, 0.25) is 0 Å². The number of phenols is 1. The zero-order valence-corrected chi connectivity index (χ0v) is 9.51. The summed E-state index contributed by atoms with van der Waals surface area (Å²) in [6, 6.07) is 2.88. The summed E-state index contributed by atoms with van der Waals surface area (Å²) in [7, 11) is 0. The lowest BCUT2D eigenvalue weighted by Gasteiger charge is -2.14. The number of nitrogens with two attached hydrogens (primary N) is 1. The van der Waals surface area contributed by atoms with Crippen LogP contribution in [-0.2, 0) is 0 Å². The van der Waals surface area contributed by atoms with Gasteiger partial charge in [-0.2, -0.15) is 0 Å². The van der Waals surface area contributed by atoms with E-state index in [-0.39, 0.29) is 29.5 Å². The number of hydrogen-bond donors (Lipinski definition) is 2. The first kappa shape index (κ1) is 14.9. The van der Waals surface area contributed by atoms with Crippen molar-refractivity contribution in [3.05, 3.63) is 23.8 Å². The Kier molecular flexibility index (Phi) is 6.06. The van der Waals surface area contributed by atoms with E-state index in [0.29, 0.717) is 6.61 Å². The highest BCUT2D eigenvalue weighted by atomic mass is 35.5. The fourth-order valence-corrected chi connectivity index (χ4v) is 1.22. The molecule has 0 fully saturated rings. The fraction of sp³-hybridized carbons (Fsp3) is 0.400. The molecular weight excluding hydrogens is 240 g/mol. The van der Waals surface area contributed by atoms with Gasteiger partial charge >= 0.3 is 0 Å². The van der Waals surface area contributed by atoms with Crippen LogP contribution in [0.15, 0.2) is 18.2 Å². The Balaban J connectivity index is 0.00000225. The molecule has 1 rings (SSSR count). The molecule has 0 heterocycles. The predicted molar refractivity (Wildman–Crippen MR) is 59.5 cm³/mol. The van der Waals surface area contributed by atoms with Crippen LogP contribution in [0.1, 0.15) is 18.5 Å². The number of hydrogen-bond acceptors (Lipinski definition) is 3. The molecular formula is C10H14ClF2NO2. The SMILES string of the molecule is CCOc1cccc([C@H](N)C(F)F)c1O.Cl. The summed E-state index contributed by atoms with van der Waals surface area (Å²) < 4.78 is 29.7. The van der Waals surface area contributed by atoms with Crippen LogP contribution in [0, 0.1) is 0 Å². The first-order valence-corrected chi connectivity index (χ1v) is 4.56. The third-order valence-corrected chi connectivity index (χ3v) is 1.96. The topological polar surface area (TPSA) is 55.5 Å². The molecule has 92 valence electrons. The first-order valence-electron chi connectivity index (χ1n) is 4.56. The van der Waals surface area contributed by atoms with Gasteiger partial charge in [-0.15, -0.1) is 12.4 Å². The molecule has 0 saturated carbocycles. The van der Waals surface area contributed by atoms with E-state index >= 15 is 0 Å². The van der Waals surface area contributed by atoms with Crippen LogP contribution in [0.4, 0.5) is 8.78 Å². The van der Waals surface area contributed by atoms with Gasteiger partial charge in [0, 0.05) is 5.56 Å². The Morgan fingerprint density at radius 2 is 2.06 bits per heavy atom. The smallest absolute Gasteiger partial charge is 0.257 e. The average molecular weight is 254 g/mol. The molecule has 16 heavy (non-hydrogen) atoms. The van der Waals surface area contributed by atoms with Crippen molar-refractivity contribution in [2.75, 3.05) is 6.61 Å². The predicted octanol–water partition coefficient (Wildman–Crippen LogP) is 2.48. The molecule has 1 aromatic rings. The van der Waals surface area contributed by atoms with Crippen LogP contribution < -0.4 is 10.5 Å². The molecule has 0 aromatic heterocycles. The second-order valence-electron chi connectivity index (χ2n) is 2.99. The van der Waals surface area contributed by atoms with E-state index in [0.717, 1.165) is 0 Å². The van der Waals surface area contributed by atoms with Crippen molar-refractivity contribution in [3.8, 4) is 11.5 Å². The van der Waals surface area contributed by atoms with E-state index < -0.39 is 12.5 Å². The molecule has 0 aliphatic carbocycles. The molecule has 0 unspecified atom stereocenters. The van der Waals surface area contributed by atoms with Gasteiger partial charge in [0.1, 0.15) is 0 Å². The fourth-order valence-electron chi connectivity index (χ4n) is 1.22. The van der Waals surface area contributed by atoms with Crippen molar-refractivity contribution >= 4 is 12.4 Å². The summed E-state index contributed by atoms with van der Waals surface area (Å²) in [6.07, 6.45) is -2.72. The number of para-hydroxylation sites is 1. The average Bonchev–Trinajstić information content (AvgIpc) is 2.20. The van der Waals surface area contributed by atoms with Gasteiger partial charge < -0.3 is 15.6 Å². The highest BCUT2D eigenvalue weighted by Crippen LogP contribution is 2.34. The lowest BCUT2D eigenvalue weighted by molar-refractivity contribution is 0.115. The second-order valence-corrected chi connectivity index (χ2v) is 2.99. The quantitative estimate of drug-likeness (QED) is 0.867. The lowest BCUT2D eigenvalue weighted by Crippen LogP contribution is -2.19. The molecule has 6 heteroatoms. The Labute approximate surface area is 98.6 Å². The largest absolute Gasteiger partial charge is 0.504 e. The van der Waals surface area contributed by atoms with Gasteiger partial charge in [-0.05, 0) is 13.0 Å². The minimum atomic E-state index is -2.72. The summed E-state index contributed by atoms with van der Waals surface area (Å²) >= 11 is 0. The Bertz CT molecular complexity index is 337. The number of halogens is 3. The molecule has 0 amide bonds. The third-order valence-electron chi connectivity index (χ3n) is 1.96. The maximum atomic E-state index is 12.3. The van der Waals surface area contributed by atoms with Crippen LogP contribution in [-0.4, -0.2) is 18.1 Å². The van der Waals surface area contributed by atoms with Gasteiger partial charge in [0.15, 0.2) is 11.5 Å². The van der Waals surface area contributed by atoms with E-state index in [1.54, 1.807) is 6.92 Å². The minimum Gasteiger partial charge on any atom is -0.504 e. The van der Waals surface area contributed by atoms with Crippen molar-refractivity contribution in [1.29, 1.82) is 0 Å². The zero-order valence-electron chi connectivity index (χ0n) is 8.69. The molecule has 1 atom stereocenters. The van der Waals surface area contributed by atoms with Gasteiger partial charge in [-0.25, -0.2) is 8.78 Å². The van der Waals surface area contributed by atoms with Gasteiger partial charge in [0.05, 0.1) is 12.6 Å². The Morgan fingerprint density at radius 3 is 2.56 bits per heavy atom.